The number of nitrogens with one attached hydrogen (secondary N) is 2. The molecule has 1 aromatic carbocycles. The zero-order valence-corrected chi connectivity index (χ0v) is 12.1. The maximum absolute atomic E-state index is 12.9. The smallest absolute Gasteiger partial charge is 0.315 e. The van der Waals surface area contributed by atoms with Crippen LogP contribution in [0, 0.1) is 5.82 Å². The molecule has 0 spiro atoms. The van der Waals surface area contributed by atoms with Crippen molar-refractivity contribution in [3.8, 4) is 0 Å². The van der Waals surface area contributed by atoms with E-state index in [0.717, 1.165) is 5.56 Å². The number of nitrogens with zero attached hydrogens (tertiary/aromatic N) is 2. The highest BCUT2D eigenvalue weighted by atomic mass is 19.1. The Morgan fingerprint density at radius 2 is 2.05 bits per heavy atom. The Morgan fingerprint density at radius 1 is 1.29 bits per heavy atom. The maximum Gasteiger partial charge on any atom is 0.315 e. The van der Waals surface area contributed by atoms with Crippen LogP contribution in [0.2, 0.25) is 0 Å². The predicted molar refractivity (Wildman–Crippen MR) is 76.3 cm³/mol. The molecule has 2 rings (SSSR count). The Balaban J connectivity index is 1.85. The lowest BCUT2D eigenvalue weighted by Crippen LogP contribution is -2.18. The first-order valence-electron chi connectivity index (χ1n) is 6.73. The fraction of sp³-hybridized carbons (Fsp3) is 0.429. The highest BCUT2D eigenvalue weighted by Gasteiger charge is 2.10. The summed E-state index contributed by atoms with van der Waals surface area (Å²) in [5, 5.41) is 14.1. The number of ether oxygens (including phenoxy) is 1. The Bertz CT molecular complexity index is 544. The average Bonchev–Trinajstić information content (AvgIpc) is 2.92. The zero-order chi connectivity index (χ0) is 15.1. The van der Waals surface area contributed by atoms with Crippen molar-refractivity contribution in [2.45, 2.75) is 19.5 Å². The monoisotopic (exact) mass is 294 g/mol. The molecule has 1 atom stereocenters. The summed E-state index contributed by atoms with van der Waals surface area (Å²) < 4.78 is 23.3. The molecule has 0 saturated heterocycles. The minimum Gasteiger partial charge on any atom is -0.407 e. The third-order valence-corrected chi connectivity index (χ3v) is 2.94. The lowest BCUT2D eigenvalue weighted by molar-refractivity contribution is 0.198. The molecule has 21 heavy (non-hydrogen) atoms. The molecular weight excluding hydrogens is 275 g/mol. The van der Waals surface area contributed by atoms with Crippen LogP contribution < -0.4 is 10.6 Å². The van der Waals surface area contributed by atoms with E-state index in [1.54, 1.807) is 19.2 Å². The molecule has 0 amide bonds. The molecule has 1 unspecified atom stereocenters. The molecule has 0 aliphatic carbocycles. The predicted octanol–water partition coefficient (Wildman–Crippen LogP) is 2.12. The lowest BCUT2D eigenvalue weighted by Gasteiger charge is -2.11. The van der Waals surface area contributed by atoms with Gasteiger partial charge in [0.15, 0.2) is 0 Å². The fourth-order valence-corrected chi connectivity index (χ4v) is 1.77. The standard InChI is InChI=1S/C14H19FN4O2/c1-10(11-3-5-12(15)6-4-11)17-14-19-18-13(21-14)9-16-7-8-20-2/h3-6,10,16H,7-9H2,1-2H3,(H,17,19). The van der Waals surface area contributed by atoms with Gasteiger partial charge in [-0.05, 0) is 24.6 Å². The Kier molecular flexibility index (Phi) is 5.65. The van der Waals surface area contributed by atoms with Crippen molar-refractivity contribution in [1.29, 1.82) is 0 Å². The van der Waals surface area contributed by atoms with Crippen molar-refractivity contribution in [1.82, 2.24) is 15.5 Å². The second-order valence-corrected chi connectivity index (χ2v) is 4.59. The fourth-order valence-electron chi connectivity index (χ4n) is 1.77. The van der Waals surface area contributed by atoms with Crippen LogP contribution >= 0.6 is 0 Å². The van der Waals surface area contributed by atoms with Gasteiger partial charge in [-0.15, -0.1) is 5.10 Å². The van der Waals surface area contributed by atoms with E-state index in [4.69, 9.17) is 9.15 Å². The topological polar surface area (TPSA) is 72.2 Å². The largest absolute Gasteiger partial charge is 0.407 e. The van der Waals surface area contributed by atoms with Gasteiger partial charge < -0.3 is 19.8 Å². The summed E-state index contributed by atoms with van der Waals surface area (Å²) >= 11 is 0. The van der Waals surface area contributed by atoms with Crippen molar-refractivity contribution in [2.75, 3.05) is 25.6 Å². The second kappa shape index (κ2) is 7.70. The van der Waals surface area contributed by atoms with Gasteiger partial charge in [-0.3, -0.25) is 0 Å². The second-order valence-electron chi connectivity index (χ2n) is 4.59. The molecule has 1 heterocycles. The van der Waals surface area contributed by atoms with Crippen LogP contribution in [0.4, 0.5) is 10.4 Å². The van der Waals surface area contributed by atoms with Crippen LogP contribution in [0.15, 0.2) is 28.7 Å². The molecule has 2 N–H and O–H groups in total. The molecule has 0 radical (unpaired) electrons. The van der Waals surface area contributed by atoms with Crippen molar-refractivity contribution >= 4 is 6.01 Å². The van der Waals surface area contributed by atoms with E-state index in [1.165, 1.54) is 12.1 Å². The third-order valence-electron chi connectivity index (χ3n) is 2.94. The summed E-state index contributed by atoms with van der Waals surface area (Å²) in [4.78, 5) is 0. The number of halogens is 1. The van der Waals surface area contributed by atoms with E-state index in [9.17, 15) is 4.39 Å². The molecular formula is C14H19FN4O2. The van der Waals surface area contributed by atoms with E-state index in [2.05, 4.69) is 20.8 Å². The molecule has 0 bridgehead atoms. The van der Waals surface area contributed by atoms with Crippen LogP contribution in [-0.2, 0) is 11.3 Å². The maximum atomic E-state index is 12.9. The van der Waals surface area contributed by atoms with E-state index < -0.39 is 0 Å². The minimum absolute atomic E-state index is 0.0552. The van der Waals surface area contributed by atoms with Crippen molar-refractivity contribution in [3.63, 3.8) is 0 Å². The summed E-state index contributed by atoms with van der Waals surface area (Å²) in [5.74, 6) is 0.244. The number of rotatable bonds is 8. The number of aromatic nitrogens is 2. The van der Waals surface area contributed by atoms with Gasteiger partial charge in [0, 0.05) is 13.7 Å². The number of anilines is 1. The van der Waals surface area contributed by atoms with Crippen LogP contribution in [0.1, 0.15) is 24.4 Å². The molecule has 0 aliphatic heterocycles. The highest BCUT2D eigenvalue weighted by Crippen LogP contribution is 2.18. The van der Waals surface area contributed by atoms with Crippen LogP contribution in [-0.4, -0.2) is 30.5 Å². The van der Waals surface area contributed by atoms with Gasteiger partial charge in [0.05, 0.1) is 19.2 Å². The number of benzene rings is 1. The van der Waals surface area contributed by atoms with Crippen LogP contribution in [0.3, 0.4) is 0 Å². The molecule has 6 nitrogen and oxygen atoms in total. The molecule has 1 aromatic heterocycles. The molecule has 0 fully saturated rings. The van der Waals surface area contributed by atoms with Crippen molar-refractivity contribution in [2.24, 2.45) is 0 Å². The zero-order valence-electron chi connectivity index (χ0n) is 12.1. The van der Waals surface area contributed by atoms with Crippen molar-refractivity contribution < 1.29 is 13.5 Å². The van der Waals surface area contributed by atoms with E-state index in [1.807, 2.05) is 6.92 Å². The molecule has 0 aliphatic rings. The summed E-state index contributed by atoms with van der Waals surface area (Å²) in [6.07, 6.45) is 0. The molecule has 0 saturated carbocycles. The first-order valence-corrected chi connectivity index (χ1v) is 6.73. The Labute approximate surface area is 122 Å². The quantitative estimate of drug-likeness (QED) is 0.727. The summed E-state index contributed by atoms with van der Waals surface area (Å²) in [6.45, 7) is 3.77. The van der Waals surface area contributed by atoms with E-state index >= 15 is 0 Å². The summed E-state index contributed by atoms with van der Waals surface area (Å²) in [6, 6.07) is 6.57. The van der Waals surface area contributed by atoms with Crippen molar-refractivity contribution in [3.05, 3.63) is 41.5 Å². The number of hydrogen-bond donors (Lipinski definition) is 2. The summed E-state index contributed by atoms with van der Waals surface area (Å²) in [7, 11) is 1.65. The first-order chi connectivity index (χ1) is 10.2. The SMILES string of the molecule is COCCNCc1nnc(NC(C)c2ccc(F)cc2)o1. The van der Waals surface area contributed by atoms with Crippen LogP contribution in [0.5, 0.6) is 0 Å². The first kappa shape index (κ1) is 15.4. The number of methoxy groups -OCH3 is 1. The van der Waals surface area contributed by atoms with Gasteiger partial charge in [0.25, 0.3) is 0 Å². The van der Waals surface area contributed by atoms with Gasteiger partial charge in [-0.25, -0.2) is 4.39 Å². The highest BCUT2D eigenvalue weighted by molar-refractivity contribution is 5.28. The summed E-state index contributed by atoms with van der Waals surface area (Å²) in [5.41, 5.74) is 0.939. The minimum atomic E-state index is -0.256. The van der Waals surface area contributed by atoms with Gasteiger partial charge in [-0.1, -0.05) is 17.2 Å². The van der Waals surface area contributed by atoms with Crippen LogP contribution in [0.25, 0.3) is 0 Å². The third kappa shape index (κ3) is 4.80. The normalized spacial score (nSPS) is 12.3. The Hall–Kier alpha value is -1.99. The Morgan fingerprint density at radius 3 is 2.76 bits per heavy atom. The van der Waals surface area contributed by atoms with E-state index in [-0.39, 0.29) is 11.9 Å². The molecule has 114 valence electrons. The number of hydrogen-bond acceptors (Lipinski definition) is 6. The molecule has 2 aromatic rings. The van der Waals surface area contributed by atoms with Gasteiger partial charge in [-0.2, -0.15) is 0 Å². The lowest BCUT2D eigenvalue weighted by atomic mass is 10.1. The van der Waals surface area contributed by atoms with Gasteiger partial charge in [0.1, 0.15) is 5.82 Å². The van der Waals surface area contributed by atoms with Gasteiger partial charge in [0.2, 0.25) is 5.89 Å². The van der Waals surface area contributed by atoms with Gasteiger partial charge >= 0.3 is 6.01 Å². The molecule has 7 heteroatoms. The van der Waals surface area contributed by atoms with E-state index in [0.29, 0.717) is 31.6 Å². The average molecular weight is 294 g/mol.